The molecule has 0 bridgehead atoms. The van der Waals surface area contributed by atoms with Gasteiger partial charge in [-0.05, 0) is 19.1 Å². The number of hydrogen-bond donors (Lipinski definition) is 1. The molecule has 0 saturated carbocycles. The average Bonchev–Trinajstić information content (AvgIpc) is 1.63. The van der Waals surface area contributed by atoms with E-state index in [-0.39, 0.29) is 0 Å². The lowest BCUT2D eigenvalue weighted by Gasteiger charge is -1.87. The van der Waals surface area contributed by atoms with E-state index in [9.17, 15) is 0 Å². The van der Waals surface area contributed by atoms with Crippen molar-refractivity contribution in [1.82, 2.24) is 0 Å². The van der Waals surface area contributed by atoms with Crippen LogP contribution in [0.3, 0.4) is 0 Å². The average molecular weight is 144 g/mol. The summed E-state index contributed by atoms with van der Waals surface area (Å²) < 4.78 is 0. The molecule has 0 unspecified atom stereocenters. The molecule has 0 aliphatic rings. The number of rotatable bonds is 2. The minimum Gasteiger partial charge on any atom is -0.399 e. The molecule has 50 valence electrons. The van der Waals surface area contributed by atoms with Crippen LogP contribution in [-0.2, 0) is 0 Å². The van der Waals surface area contributed by atoms with Gasteiger partial charge >= 0.3 is 0 Å². The van der Waals surface area contributed by atoms with Crippen LogP contribution in [0.25, 0.3) is 0 Å². The van der Waals surface area contributed by atoms with E-state index in [4.69, 9.17) is 17.3 Å². The van der Waals surface area contributed by atoms with E-state index in [0.717, 1.165) is 0 Å². The first-order valence-corrected chi connectivity index (χ1v) is 2.99. The quantitative estimate of drug-likeness (QED) is 0.589. The van der Waals surface area contributed by atoms with Crippen LogP contribution in [0.4, 0.5) is 0 Å². The largest absolute Gasteiger partial charge is 0.399 e. The normalized spacial score (nSPS) is 12.4. The van der Waals surface area contributed by atoms with Crippen LogP contribution >= 0.6 is 11.6 Å². The maximum atomic E-state index is 5.61. The Bertz CT molecular complexity index is 156. The standard InChI is InChI=1S/C7H10ClN/c1-3-4-7(8)5-6(2)9/h3-5H,2,9H2,1H3/b4-3-,7-5+. The molecular formula is C7H10ClN. The first kappa shape index (κ1) is 8.31. The second-order valence-electron chi connectivity index (χ2n) is 1.60. The van der Waals surface area contributed by atoms with Gasteiger partial charge in [0, 0.05) is 10.7 Å². The van der Waals surface area contributed by atoms with Gasteiger partial charge in [-0.1, -0.05) is 24.3 Å². The van der Waals surface area contributed by atoms with E-state index in [0.29, 0.717) is 10.7 Å². The third-order valence-electron chi connectivity index (χ3n) is 0.649. The number of halogens is 1. The Morgan fingerprint density at radius 1 is 1.67 bits per heavy atom. The zero-order chi connectivity index (χ0) is 7.28. The topological polar surface area (TPSA) is 26.0 Å². The number of hydrogen-bond acceptors (Lipinski definition) is 1. The zero-order valence-electron chi connectivity index (χ0n) is 5.39. The number of nitrogens with two attached hydrogens (primary N) is 1. The van der Waals surface area contributed by atoms with Crippen LogP contribution < -0.4 is 5.73 Å². The fraction of sp³-hybridized carbons (Fsp3) is 0.143. The summed E-state index contributed by atoms with van der Waals surface area (Å²) in [6.07, 6.45) is 5.18. The van der Waals surface area contributed by atoms with Gasteiger partial charge in [0.25, 0.3) is 0 Å². The predicted octanol–water partition coefficient (Wildman–Crippen LogP) is 2.16. The highest BCUT2D eigenvalue weighted by Crippen LogP contribution is 2.03. The first-order valence-electron chi connectivity index (χ1n) is 2.61. The molecule has 0 aromatic rings. The molecule has 0 aliphatic heterocycles. The maximum absolute atomic E-state index is 5.61. The lowest BCUT2D eigenvalue weighted by Crippen LogP contribution is -1.88. The van der Waals surface area contributed by atoms with Crippen molar-refractivity contribution in [2.75, 3.05) is 0 Å². The van der Waals surface area contributed by atoms with Gasteiger partial charge in [0.15, 0.2) is 0 Å². The highest BCUT2D eigenvalue weighted by Gasteiger charge is 1.81. The molecule has 2 N–H and O–H groups in total. The molecule has 0 amide bonds. The van der Waals surface area contributed by atoms with E-state index in [1.807, 2.05) is 13.0 Å². The van der Waals surface area contributed by atoms with Crippen molar-refractivity contribution in [1.29, 1.82) is 0 Å². The van der Waals surface area contributed by atoms with Gasteiger partial charge in [-0.3, -0.25) is 0 Å². The van der Waals surface area contributed by atoms with Gasteiger partial charge < -0.3 is 5.73 Å². The van der Waals surface area contributed by atoms with E-state index in [1.165, 1.54) is 0 Å². The van der Waals surface area contributed by atoms with Crippen molar-refractivity contribution >= 4 is 11.6 Å². The van der Waals surface area contributed by atoms with Crippen LogP contribution in [0, 0.1) is 0 Å². The Kier molecular flexibility index (Phi) is 3.89. The molecule has 2 heteroatoms. The summed E-state index contributed by atoms with van der Waals surface area (Å²) in [6.45, 7) is 5.34. The Balaban J connectivity index is 4.00. The molecule has 0 fully saturated rings. The summed E-state index contributed by atoms with van der Waals surface area (Å²) in [5, 5.41) is 0.602. The molecule has 0 aromatic carbocycles. The predicted molar refractivity (Wildman–Crippen MR) is 42.1 cm³/mol. The summed E-state index contributed by atoms with van der Waals surface area (Å²) in [5.41, 5.74) is 5.70. The summed E-state index contributed by atoms with van der Waals surface area (Å²) in [4.78, 5) is 0. The Labute approximate surface area is 60.5 Å². The molecule has 0 rings (SSSR count). The van der Waals surface area contributed by atoms with Gasteiger partial charge in [-0.15, -0.1) is 0 Å². The SMILES string of the molecule is C=C(N)/C=C(Cl)\C=C/C. The smallest absolute Gasteiger partial charge is 0.0422 e. The van der Waals surface area contributed by atoms with E-state index < -0.39 is 0 Å². The van der Waals surface area contributed by atoms with Crippen LogP contribution in [0.2, 0.25) is 0 Å². The Morgan fingerprint density at radius 3 is 2.56 bits per heavy atom. The molecular weight excluding hydrogens is 134 g/mol. The maximum Gasteiger partial charge on any atom is 0.0422 e. The summed E-state index contributed by atoms with van der Waals surface area (Å²) in [5.74, 6) is 0. The molecule has 0 aliphatic carbocycles. The van der Waals surface area contributed by atoms with E-state index in [2.05, 4.69) is 6.58 Å². The molecule has 0 saturated heterocycles. The lowest BCUT2D eigenvalue weighted by atomic mass is 10.4. The third-order valence-corrected chi connectivity index (χ3v) is 0.884. The van der Waals surface area contributed by atoms with Crippen LogP contribution in [0.1, 0.15) is 6.92 Å². The van der Waals surface area contributed by atoms with Crippen molar-refractivity contribution < 1.29 is 0 Å². The lowest BCUT2D eigenvalue weighted by molar-refractivity contribution is 1.45. The molecule has 9 heavy (non-hydrogen) atoms. The second-order valence-corrected chi connectivity index (χ2v) is 2.04. The molecule has 1 nitrogen and oxygen atoms in total. The minimum atomic E-state index is 0.470. The second kappa shape index (κ2) is 4.21. The Hall–Kier alpha value is -0.690. The van der Waals surface area contributed by atoms with Crippen LogP contribution in [0.15, 0.2) is 35.5 Å². The molecule has 0 spiro atoms. The van der Waals surface area contributed by atoms with Gasteiger partial charge in [-0.25, -0.2) is 0 Å². The van der Waals surface area contributed by atoms with Crippen molar-refractivity contribution in [2.24, 2.45) is 5.73 Å². The monoisotopic (exact) mass is 143 g/mol. The van der Waals surface area contributed by atoms with Crippen molar-refractivity contribution in [3.63, 3.8) is 0 Å². The zero-order valence-corrected chi connectivity index (χ0v) is 6.15. The first-order chi connectivity index (χ1) is 4.16. The van der Waals surface area contributed by atoms with Gasteiger partial charge in [-0.2, -0.15) is 0 Å². The van der Waals surface area contributed by atoms with Crippen LogP contribution in [0.5, 0.6) is 0 Å². The summed E-state index contributed by atoms with van der Waals surface area (Å²) in [6, 6.07) is 0. The summed E-state index contributed by atoms with van der Waals surface area (Å²) in [7, 11) is 0. The van der Waals surface area contributed by atoms with Crippen molar-refractivity contribution in [3.05, 3.63) is 35.5 Å². The van der Waals surface area contributed by atoms with E-state index >= 15 is 0 Å². The number of allylic oxidation sites excluding steroid dienone is 4. The van der Waals surface area contributed by atoms with Crippen molar-refractivity contribution in [2.45, 2.75) is 6.92 Å². The Morgan fingerprint density at radius 2 is 2.22 bits per heavy atom. The summed E-state index contributed by atoms with van der Waals surface area (Å²) >= 11 is 5.61. The van der Waals surface area contributed by atoms with Gasteiger partial charge in [0.05, 0.1) is 0 Å². The minimum absolute atomic E-state index is 0.470. The van der Waals surface area contributed by atoms with Crippen molar-refractivity contribution in [3.8, 4) is 0 Å². The third kappa shape index (κ3) is 5.18. The van der Waals surface area contributed by atoms with Gasteiger partial charge in [0.2, 0.25) is 0 Å². The fourth-order valence-electron chi connectivity index (χ4n) is 0.384. The molecule has 0 radical (unpaired) electrons. The highest BCUT2D eigenvalue weighted by atomic mass is 35.5. The molecule has 0 aromatic heterocycles. The van der Waals surface area contributed by atoms with Gasteiger partial charge in [0.1, 0.15) is 0 Å². The molecule has 0 heterocycles. The van der Waals surface area contributed by atoms with E-state index in [1.54, 1.807) is 12.2 Å². The molecule has 0 atom stereocenters. The van der Waals surface area contributed by atoms with Crippen LogP contribution in [-0.4, -0.2) is 0 Å². The fourth-order valence-corrected chi connectivity index (χ4v) is 0.651. The highest BCUT2D eigenvalue weighted by molar-refractivity contribution is 6.31.